The van der Waals surface area contributed by atoms with Gasteiger partial charge in [-0.2, -0.15) is 5.26 Å². The lowest BCUT2D eigenvalue weighted by atomic mass is 9.87. The molecule has 0 amide bonds. The Bertz CT molecular complexity index is 384. The first kappa shape index (κ1) is 11.2. The van der Waals surface area contributed by atoms with Crippen LogP contribution >= 0.6 is 0 Å². The summed E-state index contributed by atoms with van der Waals surface area (Å²) in [6.07, 6.45) is 2.35. The number of nitrogens with zero attached hydrogens (tertiary/aromatic N) is 2. The van der Waals surface area contributed by atoms with E-state index in [1.165, 1.54) is 24.0 Å². The Morgan fingerprint density at radius 3 is 2.88 bits per heavy atom. The van der Waals surface area contributed by atoms with E-state index in [1.54, 1.807) is 0 Å². The number of nitriles is 1. The second-order valence-electron chi connectivity index (χ2n) is 4.49. The minimum Gasteiger partial charge on any atom is -0.291 e. The molecule has 0 atom stereocenters. The summed E-state index contributed by atoms with van der Waals surface area (Å²) < 4.78 is 0. The Morgan fingerprint density at radius 1 is 1.50 bits per heavy atom. The number of piperidine rings is 1. The molecule has 1 fully saturated rings. The van der Waals surface area contributed by atoms with Gasteiger partial charge in [-0.3, -0.25) is 4.90 Å². The van der Waals surface area contributed by atoms with Gasteiger partial charge in [0.1, 0.15) is 0 Å². The van der Waals surface area contributed by atoms with Crippen LogP contribution in [0.1, 0.15) is 29.9 Å². The predicted molar refractivity (Wildman–Crippen MR) is 64.0 cm³/mol. The molecular formula is C14H17N2. The van der Waals surface area contributed by atoms with Crippen molar-refractivity contribution in [3.8, 4) is 6.07 Å². The number of aryl methyl sites for hydroxylation is 1. The van der Waals surface area contributed by atoms with Crippen LogP contribution in [-0.2, 0) is 0 Å². The van der Waals surface area contributed by atoms with Crippen molar-refractivity contribution >= 4 is 0 Å². The van der Waals surface area contributed by atoms with Crippen molar-refractivity contribution in [3.63, 3.8) is 0 Å². The third-order valence-corrected chi connectivity index (χ3v) is 3.44. The van der Waals surface area contributed by atoms with Crippen LogP contribution in [0.4, 0.5) is 0 Å². The van der Waals surface area contributed by atoms with Gasteiger partial charge in [0, 0.05) is 0 Å². The molecule has 0 unspecified atom stereocenters. The fourth-order valence-corrected chi connectivity index (χ4v) is 2.49. The van der Waals surface area contributed by atoms with Gasteiger partial charge in [-0.1, -0.05) is 18.2 Å². The second kappa shape index (κ2) is 5.14. The molecule has 0 saturated carbocycles. The number of hydrogen-bond acceptors (Lipinski definition) is 2. The highest BCUT2D eigenvalue weighted by molar-refractivity contribution is 5.29. The van der Waals surface area contributed by atoms with E-state index in [0.29, 0.717) is 12.5 Å². The summed E-state index contributed by atoms with van der Waals surface area (Å²) in [5.74, 6) is 0.671. The summed E-state index contributed by atoms with van der Waals surface area (Å²) >= 11 is 0. The van der Waals surface area contributed by atoms with Crippen molar-refractivity contribution in [3.05, 3.63) is 35.4 Å². The molecule has 16 heavy (non-hydrogen) atoms. The first-order valence-corrected chi connectivity index (χ1v) is 5.87. The summed E-state index contributed by atoms with van der Waals surface area (Å²) in [5.41, 5.74) is 2.82. The predicted octanol–water partition coefficient (Wildman–Crippen LogP) is 2.50. The van der Waals surface area contributed by atoms with E-state index >= 15 is 0 Å². The van der Waals surface area contributed by atoms with Gasteiger partial charge in [-0.05, 0) is 56.0 Å². The SMILES string of the molecule is Cc1c[c]ccc1C1CCN(CC#N)CC1. The average molecular weight is 213 g/mol. The maximum atomic E-state index is 8.65. The summed E-state index contributed by atoms with van der Waals surface area (Å²) in [6.45, 7) is 4.84. The summed E-state index contributed by atoms with van der Waals surface area (Å²) in [6, 6.07) is 11.6. The van der Waals surface area contributed by atoms with Gasteiger partial charge in [0.05, 0.1) is 12.6 Å². The summed E-state index contributed by atoms with van der Waals surface area (Å²) in [5, 5.41) is 8.65. The van der Waals surface area contributed by atoms with Crippen molar-refractivity contribution in [1.82, 2.24) is 4.90 Å². The van der Waals surface area contributed by atoms with Crippen LogP contribution in [0.15, 0.2) is 18.2 Å². The zero-order valence-electron chi connectivity index (χ0n) is 9.74. The molecule has 0 aromatic heterocycles. The molecule has 83 valence electrons. The Balaban J connectivity index is 2.00. The zero-order valence-corrected chi connectivity index (χ0v) is 9.74. The van der Waals surface area contributed by atoms with Crippen LogP contribution < -0.4 is 0 Å². The Morgan fingerprint density at radius 2 is 2.25 bits per heavy atom. The smallest absolute Gasteiger partial charge is 0.0865 e. The first-order valence-electron chi connectivity index (χ1n) is 5.87. The monoisotopic (exact) mass is 213 g/mol. The maximum Gasteiger partial charge on any atom is 0.0865 e. The molecular weight excluding hydrogens is 196 g/mol. The average Bonchev–Trinajstić information content (AvgIpc) is 2.31. The van der Waals surface area contributed by atoms with Crippen molar-refractivity contribution in [2.24, 2.45) is 0 Å². The van der Waals surface area contributed by atoms with E-state index in [1.807, 2.05) is 6.07 Å². The lowest BCUT2D eigenvalue weighted by Crippen LogP contribution is -2.33. The largest absolute Gasteiger partial charge is 0.291 e. The van der Waals surface area contributed by atoms with Crippen molar-refractivity contribution in [2.45, 2.75) is 25.7 Å². The van der Waals surface area contributed by atoms with Gasteiger partial charge in [-0.15, -0.1) is 0 Å². The standard InChI is InChI=1S/C14H17N2/c1-12-4-2-3-5-14(12)13-6-9-16(10-7-13)11-8-15/h3-5,13H,6-7,9-11H2,1H3. The number of hydrogen-bond donors (Lipinski definition) is 0. The first-order chi connectivity index (χ1) is 7.81. The molecule has 2 rings (SSSR count). The lowest BCUT2D eigenvalue weighted by Gasteiger charge is -2.31. The molecule has 0 N–H and O–H groups in total. The van der Waals surface area contributed by atoms with E-state index in [-0.39, 0.29) is 0 Å². The molecule has 1 radical (unpaired) electrons. The van der Waals surface area contributed by atoms with Crippen LogP contribution in [0.2, 0.25) is 0 Å². The summed E-state index contributed by atoms with van der Waals surface area (Å²) in [4.78, 5) is 2.24. The van der Waals surface area contributed by atoms with Gasteiger partial charge in [0.15, 0.2) is 0 Å². The molecule has 1 aromatic carbocycles. The molecule has 2 nitrogen and oxygen atoms in total. The van der Waals surface area contributed by atoms with Crippen LogP contribution in [0.25, 0.3) is 0 Å². The number of likely N-dealkylation sites (tertiary alicyclic amines) is 1. The Labute approximate surface area is 97.5 Å². The minimum absolute atomic E-state index is 0.578. The van der Waals surface area contributed by atoms with E-state index in [9.17, 15) is 0 Å². The van der Waals surface area contributed by atoms with Gasteiger partial charge < -0.3 is 0 Å². The maximum absolute atomic E-state index is 8.65. The molecule has 2 heteroatoms. The van der Waals surface area contributed by atoms with Gasteiger partial charge >= 0.3 is 0 Å². The van der Waals surface area contributed by atoms with Gasteiger partial charge in [-0.25, -0.2) is 0 Å². The van der Waals surface area contributed by atoms with E-state index in [0.717, 1.165) is 13.1 Å². The highest BCUT2D eigenvalue weighted by Crippen LogP contribution is 2.29. The van der Waals surface area contributed by atoms with Crippen LogP contribution in [0.3, 0.4) is 0 Å². The molecule has 0 spiro atoms. The third kappa shape index (κ3) is 2.43. The molecule has 1 heterocycles. The molecule has 1 aromatic rings. The van der Waals surface area contributed by atoms with E-state index in [2.05, 4.69) is 36.1 Å². The zero-order chi connectivity index (χ0) is 11.4. The van der Waals surface area contributed by atoms with Crippen LogP contribution in [0, 0.1) is 24.3 Å². The van der Waals surface area contributed by atoms with E-state index in [4.69, 9.17) is 5.26 Å². The highest BCUT2D eigenvalue weighted by atomic mass is 15.1. The summed E-state index contributed by atoms with van der Waals surface area (Å²) in [7, 11) is 0. The molecule has 1 aliphatic rings. The van der Waals surface area contributed by atoms with Crippen molar-refractivity contribution in [1.29, 1.82) is 5.26 Å². The number of rotatable bonds is 2. The Kier molecular flexibility index (Phi) is 3.58. The fraction of sp³-hybridized carbons (Fsp3) is 0.500. The van der Waals surface area contributed by atoms with E-state index < -0.39 is 0 Å². The fourth-order valence-electron chi connectivity index (χ4n) is 2.49. The molecule has 1 saturated heterocycles. The molecule has 1 aliphatic heterocycles. The Hall–Kier alpha value is -1.33. The number of benzene rings is 1. The second-order valence-corrected chi connectivity index (χ2v) is 4.49. The van der Waals surface area contributed by atoms with Crippen LogP contribution in [0.5, 0.6) is 0 Å². The van der Waals surface area contributed by atoms with Gasteiger partial charge in [0.25, 0.3) is 0 Å². The van der Waals surface area contributed by atoms with Gasteiger partial charge in [0.2, 0.25) is 0 Å². The van der Waals surface area contributed by atoms with Crippen molar-refractivity contribution in [2.75, 3.05) is 19.6 Å². The topological polar surface area (TPSA) is 27.0 Å². The van der Waals surface area contributed by atoms with Crippen LogP contribution in [-0.4, -0.2) is 24.5 Å². The quantitative estimate of drug-likeness (QED) is 0.706. The van der Waals surface area contributed by atoms with Crippen molar-refractivity contribution < 1.29 is 0 Å². The third-order valence-electron chi connectivity index (χ3n) is 3.44. The highest BCUT2D eigenvalue weighted by Gasteiger charge is 2.20. The normalized spacial score (nSPS) is 18.2. The minimum atomic E-state index is 0.578. The molecule has 0 aliphatic carbocycles. The lowest BCUT2D eigenvalue weighted by molar-refractivity contribution is 0.234. The molecule has 0 bridgehead atoms.